The van der Waals surface area contributed by atoms with Crippen LogP contribution < -0.4 is 34.3 Å². The number of methoxy groups -OCH3 is 1. The summed E-state index contributed by atoms with van der Waals surface area (Å²) in [6.45, 7) is 1.23. The standard InChI is InChI=1S/C16H18O6S.Na/c1-11(16(17)22-7-8-23(18,19)20)12-3-4-14-10-15(21-2)6-5-13(14)9-12;/h3-6,9-11H,7-8H2,1-2H3,(H,18,19,20);/q;+1/p-1/t11-;/m0./s1. The van der Waals surface area contributed by atoms with Gasteiger partial charge < -0.3 is 14.0 Å². The van der Waals surface area contributed by atoms with Crippen molar-refractivity contribution >= 4 is 26.9 Å². The second-order valence-corrected chi connectivity index (χ2v) is 6.65. The molecular weight excluding hydrogens is 343 g/mol. The van der Waals surface area contributed by atoms with Crippen LogP contribution in [0.15, 0.2) is 36.4 Å². The fraction of sp³-hybridized carbons (Fsp3) is 0.312. The molecule has 0 aliphatic heterocycles. The summed E-state index contributed by atoms with van der Waals surface area (Å²) < 4.78 is 41.5. The number of rotatable bonds is 6. The van der Waals surface area contributed by atoms with Crippen LogP contribution in [-0.2, 0) is 19.6 Å². The summed E-state index contributed by atoms with van der Waals surface area (Å²) in [5.74, 6) is -1.10. The Morgan fingerprint density at radius 3 is 2.42 bits per heavy atom. The number of hydrogen-bond donors (Lipinski definition) is 0. The molecule has 124 valence electrons. The van der Waals surface area contributed by atoms with Gasteiger partial charge in [-0.3, -0.25) is 4.79 Å². The summed E-state index contributed by atoms with van der Waals surface area (Å²) in [5, 5.41) is 1.93. The molecular formula is C16H17NaO6S. The smallest absolute Gasteiger partial charge is 0.748 e. The monoisotopic (exact) mass is 360 g/mol. The Morgan fingerprint density at radius 2 is 1.79 bits per heavy atom. The van der Waals surface area contributed by atoms with Gasteiger partial charge in [-0.2, -0.15) is 0 Å². The molecule has 0 saturated heterocycles. The molecule has 2 aromatic rings. The summed E-state index contributed by atoms with van der Waals surface area (Å²) in [5.41, 5.74) is 0.748. The van der Waals surface area contributed by atoms with Crippen LogP contribution >= 0.6 is 0 Å². The molecule has 2 rings (SSSR count). The number of carbonyl (C=O) groups excluding carboxylic acids is 1. The third-order valence-corrected chi connectivity index (χ3v) is 4.17. The Kier molecular flexibility index (Phi) is 7.69. The molecule has 6 nitrogen and oxygen atoms in total. The van der Waals surface area contributed by atoms with Crippen LogP contribution in [0.3, 0.4) is 0 Å². The molecule has 0 unspecified atom stereocenters. The normalized spacial score (nSPS) is 12.3. The van der Waals surface area contributed by atoms with E-state index in [1.165, 1.54) is 0 Å². The third-order valence-electron chi connectivity index (χ3n) is 3.50. The fourth-order valence-electron chi connectivity index (χ4n) is 2.14. The summed E-state index contributed by atoms with van der Waals surface area (Å²) in [6, 6.07) is 11.2. The summed E-state index contributed by atoms with van der Waals surface area (Å²) in [7, 11) is -2.79. The molecule has 0 aliphatic rings. The zero-order chi connectivity index (χ0) is 17.0. The first kappa shape index (κ1) is 20.9. The van der Waals surface area contributed by atoms with Gasteiger partial charge >= 0.3 is 35.5 Å². The van der Waals surface area contributed by atoms with Crippen LogP contribution in [0.4, 0.5) is 0 Å². The van der Waals surface area contributed by atoms with E-state index < -0.39 is 34.4 Å². The van der Waals surface area contributed by atoms with E-state index in [0.29, 0.717) is 0 Å². The minimum Gasteiger partial charge on any atom is -0.748 e. The van der Waals surface area contributed by atoms with Crippen molar-refractivity contribution in [3.8, 4) is 5.75 Å². The first-order valence-corrected chi connectivity index (χ1v) is 8.56. The first-order valence-electron chi connectivity index (χ1n) is 6.98. The van der Waals surface area contributed by atoms with Gasteiger partial charge in [-0.05, 0) is 35.4 Å². The molecule has 0 N–H and O–H groups in total. The summed E-state index contributed by atoms with van der Waals surface area (Å²) >= 11 is 0. The van der Waals surface area contributed by atoms with Crippen LogP contribution in [0, 0.1) is 0 Å². The van der Waals surface area contributed by atoms with E-state index in [0.717, 1.165) is 22.1 Å². The molecule has 0 spiro atoms. The molecule has 0 heterocycles. The molecule has 0 amide bonds. The maximum absolute atomic E-state index is 11.9. The molecule has 0 saturated carbocycles. The van der Waals surface area contributed by atoms with E-state index in [2.05, 4.69) is 0 Å². The first-order chi connectivity index (χ1) is 10.8. The molecule has 2 aromatic carbocycles. The topological polar surface area (TPSA) is 92.7 Å². The van der Waals surface area contributed by atoms with Gasteiger partial charge in [0.1, 0.15) is 12.4 Å². The van der Waals surface area contributed by atoms with Gasteiger partial charge in [-0.25, -0.2) is 8.42 Å². The molecule has 8 heteroatoms. The largest absolute Gasteiger partial charge is 1.00 e. The fourth-order valence-corrected chi connectivity index (χ4v) is 2.43. The van der Waals surface area contributed by atoms with Crippen LogP contribution in [0.2, 0.25) is 0 Å². The van der Waals surface area contributed by atoms with Gasteiger partial charge in [0.05, 0.1) is 28.9 Å². The Morgan fingerprint density at radius 1 is 1.17 bits per heavy atom. The van der Waals surface area contributed by atoms with Crippen LogP contribution in [-0.4, -0.2) is 38.4 Å². The van der Waals surface area contributed by atoms with Crippen molar-refractivity contribution in [2.45, 2.75) is 12.8 Å². The number of hydrogen-bond acceptors (Lipinski definition) is 6. The molecule has 1 atom stereocenters. The molecule has 0 fully saturated rings. The van der Waals surface area contributed by atoms with E-state index in [-0.39, 0.29) is 29.6 Å². The second kappa shape index (κ2) is 8.82. The van der Waals surface area contributed by atoms with Gasteiger partial charge in [0.15, 0.2) is 0 Å². The Hall–Kier alpha value is -1.12. The zero-order valence-electron chi connectivity index (χ0n) is 13.8. The van der Waals surface area contributed by atoms with Gasteiger partial charge in [-0.15, -0.1) is 0 Å². The minimum atomic E-state index is -4.38. The minimum absolute atomic E-state index is 0. The Labute approximate surface area is 163 Å². The van der Waals surface area contributed by atoms with E-state index in [4.69, 9.17) is 9.47 Å². The number of ether oxygens (including phenoxy) is 2. The van der Waals surface area contributed by atoms with E-state index in [1.54, 1.807) is 20.1 Å². The predicted molar refractivity (Wildman–Crippen MR) is 84.4 cm³/mol. The third kappa shape index (κ3) is 5.75. The number of esters is 1. The molecule has 0 radical (unpaired) electrons. The van der Waals surface area contributed by atoms with Crippen molar-refractivity contribution in [3.63, 3.8) is 0 Å². The van der Waals surface area contributed by atoms with Crippen molar-refractivity contribution in [2.75, 3.05) is 19.5 Å². The average molecular weight is 360 g/mol. The van der Waals surface area contributed by atoms with Crippen molar-refractivity contribution in [1.82, 2.24) is 0 Å². The Bertz CT molecular complexity index is 818. The maximum Gasteiger partial charge on any atom is 1.00 e. The van der Waals surface area contributed by atoms with Crippen molar-refractivity contribution < 1.29 is 56.8 Å². The molecule has 24 heavy (non-hydrogen) atoms. The number of benzene rings is 2. The van der Waals surface area contributed by atoms with E-state index in [9.17, 15) is 17.8 Å². The average Bonchev–Trinajstić information content (AvgIpc) is 2.51. The zero-order valence-corrected chi connectivity index (χ0v) is 16.6. The summed E-state index contributed by atoms with van der Waals surface area (Å²) in [4.78, 5) is 11.9. The van der Waals surface area contributed by atoms with Crippen LogP contribution in [0.25, 0.3) is 10.8 Å². The number of carbonyl (C=O) groups is 1. The Balaban J connectivity index is 0.00000288. The predicted octanol–water partition coefficient (Wildman–Crippen LogP) is -0.956. The quantitative estimate of drug-likeness (QED) is 0.374. The molecule has 0 aromatic heterocycles. The maximum atomic E-state index is 11.9. The van der Waals surface area contributed by atoms with E-state index >= 15 is 0 Å². The number of fused-ring (bicyclic) bond motifs is 1. The molecule has 0 aliphatic carbocycles. The van der Waals surface area contributed by atoms with Gasteiger partial charge in [0.2, 0.25) is 0 Å². The van der Waals surface area contributed by atoms with Gasteiger partial charge in [0.25, 0.3) is 0 Å². The van der Waals surface area contributed by atoms with Crippen LogP contribution in [0.1, 0.15) is 18.4 Å². The summed E-state index contributed by atoms with van der Waals surface area (Å²) in [6.07, 6.45) is 0. The molecule has 0 bridgehead atoms. The SMILES string of the molecule is COc1ccc2cc([C@H](C)C(=O)OCCS(=O)(=O)[O-])ccc2c1.[Na+]. The van der Waals surface area contributed by atoms with Crippen molar-refractivity contribution in [3.05, 3.63) is 42.0 Å². The van der Waals surface area contributed by atoms with Gasteiger partial charge in [0, 0.05) is 0 Å². The van der Waals surface area contributed by atoms with Crippen LogP contribution in [0.5, 0.6) is 5.75 Å². The second-order valence-electron chi connectivity index (χ2n) is 5.12. The van der Waals surface area contributed by atoms with Crippen molar-refractivity contribution in [1.29, 1.82) is 0 Å². The van der Waals surface area contributed by atoms with Crippen molar-refractivity contribution in [2.24, 2.45) is 0 Å². The van der Waals surface area contributed by atoms with Gasteiger partial charge in [-0.1, -0.05) is 24.3 Å². The van der Waals surface area contributed by atoms with E-state index in [1.807, 2.05) is 30.3 Å².